The number of benzene rings is 2. The summed E-state index contributed by atoms with van der Waals surface area (Å²) in [4.78, 5) is 35.0. The van der Waals surface area contributed by atoms with Crippen molar-refractivity contribution in [2.75, 3.05) is 6.61 Å². The number of ether oxygens (including phenoxy) is 4. The Morgan fingerprint density at radius 3 is 2.18 bits per heavy atom. The first-order valence-electron chi connectivity index (χ1n) is 8.83. The lowest BCUT2D eigenvalue weighted by atomic mass is 10.2. The highest BCUT2D eigenvalue weighted by molar-refractivity contribution is 5.89. The summed E-state index contributed by atoms with van der Waals surface area (Å²) in [6.07, 6.45) is -1.68. The molecule has 0 saturated heterocycles. The van der Waals surface area contributed by atoms with Crippen LogP contribution < -0.4 is 0 Å². The van der Waals surface area contributed by atoms with Gasteiger partial charge in [0.25, 0.3) is 0 Å². The Balaban J connectivity index is 1.56. The van der Waals surface area contributed by atoms with Crippen molar-refractivity contribution in [2.45, 2.75) is 32.7 Å². The second kappa shape index (κ2) is 11.4. The lowest BCUT2D eigenvalue weighted by Crippen LogP contribution is -2.22. The molecule has 0 fully saturated rings. The van der Waals surface area contributed by atoms with E-state index in [2.05, 4.69) is 0 Å². The summed E-state index contributed by atoms with van der Waals surface area (Å²) < 4.78 is 19.8. The van der Waals surface area contributed by atoms with Crippen molar-refractivity contribution in [3.63, 3.8) is 0 Å². The van der Waals surface area contributed by atoms with Crippen LogP contribution in [0.15, 0.2) is 60.7 Å². The largest absolute Gasteiger partial charge is 0.511 e. The highest BCUT2D eigenvalue weighted by Gasteiger charge is 2.16. The van der Waals surface area contributed by atoms with Crippen LogP contribution in [-0.4, -0.2) is 31.0 Å². The number of esters is 2. The van der Waals surface area contributed by atoms with E-state index in [-0.39, 0.29) is 25.6 Å². The van der Waals surface area contributed by atoms with Crippen LogP contribution in [0.5, 0.6) is 0 Å². The van der Waals surface area contributed by atoms with Gasteiger partial charge in [-0.15, -0.1) is 0 Å². The fraction of sp³-hybridized carbons (Fsp3) is 0.286. The number of carbonyl (C=O) groups is 3. The molecule has 0 aliphatic rings. The predicted octanol–water partition coefficient (Wildman–Crippen LogP) is 3.87. The van der Waals surface area contributed by atoms with Gasteiger partial charge in [0.15, 0.2) is 0 Å². The minimum atomic E-state index is -1.10. The van der Waals surface area contributed by atoms with Crippen molar-refractivity contribution in [2.24, 2.45) is 0 Å². The van der Waals surface area contributed by atoms with E-state index in [9.17, 15) is 14.4 Å². The van der Waals surface area contributed by atoms with Crippen LogP contribution in [0.25, 0.3) is 0 Å². The van der Waals surface area contributed by atoms with Crippen molar-refractivity contribution < 1.29 is 33.3 Å². The molecule has 1 unspecified atom stereocenters. The smallest absolute Gasteiger partial charge is 0.461 e. The highest BCUT2D eigenvalue weighted by Crippen LogP contribution is 2.06. The number of carbonyl (C=O) groups excluding carboxylic acids is 3. The summed E-state index contributed by atoms with van der Waals surface area (Å²) in [5.41, 5.74) is 1.25. The normalized spacial score (nSPS) is 11.2. The second-order valence-corrected chi connectivity index (χ2v) is 5.81. The summed E-state index contributed by atoms with van der Waals surface area (Å²) in [6, 6.07) is 17.7. The van der Waals surface area contributed by atoms with Gasteiger partial charge in [-0.2, -0.15) is 0 Å². The molecule has 2 rings (SSSR count). The zero-order chi connectivity index (χ0) is 20.2. The molecule has 7 heteroatoms. The molecule has 0 amide bonds. The summed E-state index contributed by atoms with van der Waals surface area (Å²) in [7, 11) is 0. The van der Waals surface area contributed by atoms with Crippen LogP contribution in [0, 0.1) is 0 Å². The van der Waals surface area contributed by atoms with E-state index >= 15 is 0 Å². The Morgan fingerprint density at radius 1 is 0.857 bits per heavy atom. The fourth-order valence-corrected chi connectivity index (χ4v) is 2.17. The number of hydrogen-bond donors (Lipinski definition) is 0. The zero-order valence-corrected chi connectivity index (χ0v) is 15.5. The van der Waals surface area contributed by atoms with Crippen molar-refractivity contribution in [3.05, 3.63) is 71.8 Å². The minimum Gasteiger partial charge on any atom is -0.461 e. The van der Waals surface area contributed by atoms with Gasteiger partial charge < -0.3 is 18.9 Å². The standard InChI is InChI=1S/C21H22O7/c1-16(27-20(23)18-11-6-3-7-12-18)28-21(24)25-14-8-13-19(22)26-15-17-9-4-2-5-10-17/h2-7,9-12,16H,8,13-15H2,1H3. The third kappa shape index (κ3) is 7.90. The monoisotopic (exact) mass is 386 g/mol. The fourth-order valence-electron chi connectivity index (χ4n) is 2.17. The molecule has 0 aromatic heterocycles. The maximum absolute atomic E-state index is 11.8. The number of hydrogen-bond acceptors (Lipinski definition) is 7. The van der Waals surface area contributed by atoms with Gasteiger partial charge in [0.2, 0.25) is 6.29 Å². The Morgan fingerprint density at radius 2 is 1.50 bits per heavy atom. The first-order valence-corrected chi connectivity index (χ1v) is 8.83. The van der Waals surface area contributed by atoms with Gasteiger partial charge >= 0.3 is 18.1 Å². The molecule has 7 nitrogen and oxygen atoms in total. The maximum atomic E-state index is 11.8. The molecule has 28 heavy (non-hydrogen) atoms. The summed E-state index contributed by atoms with van der Waals surface area (Å²) >= 11 is 0. The minimum absolute atomic E-state index is 0.0153. The van der Waals surface area contributed by atoms with Crippen molar-refractivity contribution in [1.82, 2.24) is 0 Å². The van der Waals surface area contributed by atoms with Gasteiger partial charge in [0.05, 0.1) is 12.2 Å². The highest BCUT2D eigenvalue weighted by atomic mass is 16.8. The molecule has 2 aromatic rings. The number of rotatable bonds is 9. The van der Waals surface area contributed by atoms with Crippen LogP contribution in [0.2, 0.25) is 0 Å². The van der Waals surface area contributed by atoms with Crippen molar-refractivity contribution in [1.29, 1.82) is 0 Å². The Bertz CT molecular complexity index is 759. The SMILES string of the molecule is CC(OC(=O)OCCCC(=O)OCc1ccccc1)OC(=O)c1ccccc1. The third-order valence-electron chi connectivity index (χ3n) is 3.53. The van der Waals surface area contributed by atoms with Crippen LogP contribution >= 0.6 is 0 Å². The Kier molecular flexibility index (Phi) is 8.52. The lowest BCUT2D eigenvalue weighted by Gasteiger charge is -2.14. The molecule has 0 saturated carbocycles. The van der Waals surface area contributed by atoms with Gasteiger partial charge in [-0.25, -0.2) is 9.59 Å². The maximum Gasteiger partial charge on any atom is 0.511 e. The average Bonchev–Trinajstić information content (AvgIpc) is 2.71. The summed E-state index contributed by atoms with van der Waals surface area (Å²) in [5.74, 6) is -0.993. The molecule has 0 radical (unpaired) electrons. The second-order valence-electron chi connectivity index (χ2n) is 5.81. The molecule has 2 aromatic carbocycles. The van der Waals surface area contributed by atoms with E-state index in [1.54, 1.807) is 30.3 Å². The van der Waals surface area contributed by atoms with E-state index < -0.39 is 18.4 Å². The summed E-state index contributed by atoms with van der Waals surface area (Å²) in [5, 5.41) is 0. The van der Waals surface area contributed by atoms with Gasteiger partial charge in [-0.1, -0.05) is 48.5 Å². The topological polar surface area (TPSA) is 88.1 Å². The van der Waals surface area contributed by atoms with E-state index in [0.29, 0.717) is 12.0 Å². The van der Waals surface area contributed by atoms with Crippen LogP contribution in [0.3, 0.4) is 0 Å². The van der Waals surface area contributed by atoms with Gasteiger partial charge in [-0.3, -0.25) is 4.79 Å². The molecule has 0 aliphatic heterocycles. The molecular formula is C21H22O7. The van der Waals surface area contributed by atoms with E-state index in [1.807, 2.05) is 30.3 Å². The van der Waals surface area contributed by atoms with E-state index in [4.69, 9.17) is 18.9 Å². The molecular weight excluding hydrogens is 364 g/mol. The molecule has 0 heterocycles. The molecule has 1 atom stereocenters. The van der Waals surface area contributed by atoms with Crippen LogP contribution in [0.1, 0.15) is 35.7 Å². The average molecular weight is 386 g/mol. The van der Waals surface area contributed by atoms with Gasteiger partial charge in [-0.05, 0) is 24.1 Å². The summed E-state index contributed by atoms with van der Waals surface area (Å²) in [6.45, 7) is 1.59. The van der Waals surface area contributed by atoms with Crippen LogP contribution in [-0.2, 0) is 30.3 Å². The predicted molar refractivity (Wildman–Crippen MR) is 99.2 cm³/mol. The van der Waals surface area contributed by atoms with E-state index in [1.165, 1.54) is 6.92 Å². The van der Waals surface area contributed by atoms with Crippen molar-refractivity contribution in [3.8, 4) is 0 Å². The Hall–Kier alpha value is -3.35. The first kappa shape index (κ1) is 21.0. The van der Waals surface area contributed by atoms with Crippen molar-refractivity contribution >= 4 is 18.1 Å². The third-order valence-corrected chi connectivity index (χ3v) is 3.53. The van der Waals surface area contributed by atoms with Gasteiger partial charge in [0, 0.05) is 13.3 Å². The quantitative estimate of drug-likeness (QED) is 0.280. The van der Waals surface area contributed by atoms with Crippen LogP contribution in [0.4, 0.5) is 4.79 Å². The Labute approximate surface area is 163 Å². The van der Waals surface area contributed by atoms with Gasteiger partial charge in [0.1, 0.15) is 6.61 Å². The molecule has 148 valence electrons. The molecule has 0 N–H and O–H groups in total. The molecule has 0 bridgehead atoms. The lowest BCUT2D eigenvalue weighted by molar-refractivity contribution is -0.145. The molecule has 0 spiro atoms. The molecule has 0 aliphatic carbocycles. The zero-order valence-electron chi connectivity index (χ0n) is 15.5. The first-order chi connectivity index (χ1) is 13.5. The van der Waals surface area contributed by atoms with E-state index in [0.717, 1.165) is 5.56 Å².